The fourth-order valence-corrected chi connectivity index (χ4v) is 1.59. The molecule has 1 nitrogen and oxygen atoms in total. The second kappa shape index (κ2) is 3.13. The SMILES string of the molecule is C#CN1CC(F)CC1C(C)C. The number of hydrogen-bond donors (Lipinski definition) is 0. The van der Waals surface area contributed by atoms with Gasteiger partial charge in [0.25, 0.3) is 0 Å². The first-order chi connectivity index (χ1) is 5.15. The lowest BCUT2D eigenvalue weighted by molar-refractivity contribution is 0.294. The highest BCUT2D eigenvalue weighted by atomic mass is 19.1. The van der Waals surface area contributed by atoms with Crippen LogP contribution in [0.4, 0.5) is 4.39 Å². The van der Waals surface area contributed by atoms with E-state index < -0.39 is 6.17 Å². The number of terminal acetylenes is 1. The van der Waals surface area contributed by atoms with Crippen molar-refractivity contribution in [3.63, 3.8) is 0 Å². The largest absolute Gasteiger partial charge is 0.327 e. The summed E-state index contributed by atoms with van der Waals surface area (Å²) in [6.45, 7) is 4.57. The maximum Gasteiger partial charge on any atom is 0.120 e. The van der Waals surface area contributed by atoms with E-state index in [2.05, 4.69) is 19.9 Å². The van der Waals surface area contributed by atoms with E-state index in [0.29, 0.717) is 18.9 Å². The molecule has 2 heteroatoms. The Bertz CT molecular complexity index is 171. The molecule has 0 N–H and O–H groups in total. The second-order valence-electron chi connectivity index (χ2n) is 3.43. The van der Waals surface area contributed by atoms with Gasteiger partial charge in [-0.1, -0.05) is 20.3 Å². The van der Waals surface area contributed by atoms with Crippen molar-refractivity contribution in [2.24, 2.45) is 5.92 Å². The third-order valence-electron chi connectivity index (χ3n) is 2.23. The fourth-order valence-electron chi connectivity index (χ4n) is 1.59. The number of alkyl halides is 1. The minimum absolute atomic E-state index is 0.245. The van der Waals surface area contributed by atoms with E-state index in [9.17, 15) is 4.39 Å². The van der Waals surface area contributed by atoms with Crippen molar-refractivity contribution in [3.05, 3.63) is 0 Å². The summed E-state index contributed by atoms with van der Waals surface area (Å²) < 4.78 is 12.8. The highest BCUT2D eigenvalue weighted by Crippen LogP contribution is 2.24. The number of rotatable bonds is 1. The zero-order chi connectivity index (χ0) is 8.43. The third-order valence-corrected chi connectivity index (χ3v) is 2.23. The fraction of sp³-hybridized carbons (Fsp3) is 0.778. The van der Waals surface area contributed by atoms with Gasteiger partial charge in [-0.25, -0.2) is 4.39 Å². The lowest BCUT2D eigenvalue weighted by Gasteiger charge is -2.22. The van der Waals surface area contributed by atoms with Gasteiger partial charge in [-0.05, 0) is 5.92 Å². The summed E-state index contributed by atoms with van der Waals surface area (Å²) in [6, 6.07) is 2.76. The average molecular weight is 155 g/mol. The Balaban J connectivity index is 2.59. The topological polar surface area (TPSA) is 3.24 Å². The van der Waals surface area contributed by atoms with Crippen molar-refractivity contribution in [1.29, 1.82) is 0 Å². The van der Waals surface area contributed by atoms with Crippen LogP contribution in [0.25, 0.3) is 0 Å². The Hall–Kier alpha value is -0.710. The normalized spacial score (nSPS) is 31.0. The molecule has 0 spiro atoms. The average Bonchev–Trinajstić information content (AvgIpc) is 2.30. The van der Waals surface area contributed by atoms with E-state index >= 15 is 0 Å². The van der Waals surface area contributed by atoms with Crippen LogP contribution in [0.2, 0.25) is 0 Å². The molecule has 1 aliphatic heterocycles. The van der Waals surface area contributed by atoms with Gasteiger partial charge in [-0.3, -0.25) is 0 Å². The van der Waals surface area contributed by atoms with E-state index in [1.165, 1.54) is 0 Å². The second-order valence-corrected chi connectivity index (χ2v) is 3.43. The van der Waals surface area contributed by atoms with Crippen molar-refractivity contribution in [2.75, 3.05) is 6.54 Å². The first kappa shape index (κ1) is 8.39. The zero-order valence-electron chi connectivity index (χ0n) is 7.05. The summed E-state index contributed by atoms with van der Waals surface area (Å²) >= 11 is 0. The highest BCUT2D eigenvalue weighted by Gasteiger charge is 2.32. The molecule has 1 aliphatic rings. The van der Waals surface area contributed by atoms with Gasteiger partial charge < -0.3 is 4.90 Å². The molecule has 0 amide bonds. The predicted molar refractivity (Wildman–Crippen MR) is 43.7 cm³/mol. The molecule has 0 aliphatic carbocycles. The molecular weight excluding hydrogens is 141 g/mol. The van der Waals surface area contributed by atoms with Crippen molar-refractivity contribution in [3.8, 4) is 12.5 Å². The maximum absolute atomic E-state index is 12.8. The molecule has 1 fully saturated rings. The molecule has 0 radical (unpaired) electrons. The number of likely N-dealkylation sites (tertiary alicyclic amines) is 1. The molecule has 2 unspecified atom stereocenters. The Morgan fingerprint density at radius 2 is 2.27 bits per heavy atom. The predicted octanol–water partition coefficient (Wildman–Crippen LogP) is 1.65. The number of halogens is 1. The lowest BCUT2D eigenvalue weighted by atomic mass is 10.0. The summed E-state index contributed by atoms with van der Waals surface area (Å²) in [6.07, 6.45) is 5.11. The van der Waals surface area contributed by atoms with Crippen LogP contribution < -0.4 is 0 Å². The van der Waals surface area contributed by atoms with Gasteiger partial charge in [0.05, 0.1) is 6.54 Å². The van der Waals surface area contributed by atoms with E-state index in [4.69, 9.17) is 6.42 Å². The first-order valence-electron chi connectivity index (χ1n) is 4.02. The van der Waals surface area contributed by atoms with Gasteiger partial charge >= 0.3 is 0 Å². The standard InChI is InChI=1S/C9H14FN/c1-4-11-6-8(10)5-9(11)7(2)3/h1,7-9H,5-6H2,2-3H3. The quantitative estimate of drug-likeness (QED) is 0.520. The molecule has 11 heavy (non-hydrogen) atoms. The molecular formula is C9H14FN. The summed E-state index contributed by atoms with van der Waals surface area (Å²) in [5.74, 6) is 0.451. The highest BCUT2D eigenvalue weighted by molar-refractivity contribution is 4.98. The molecule has 0 aromatic carbocycles. The number of nitrogens with zero attached hydrogens (tertiary/aromatic N) is 1. The minimum Gasteiger partial charge on any atom is -0.327 e. The molecule has 0 aromatic rings. The van der Waals surface area contributed by atoms with Crippen molar-refractivity contribution < 1.29 is 4.39 Å². The van der Waals surface area contributed by atoms with Crippen molar-refractivity contribution in [2.45, 2.75) is 32.5 Å². The molecule has 1 rings (SSSR count). The number of hydrogen-bond acceptors (Lipinski definition) is 1. The Kier molecular flexibility index (Phi) is 2.38. The van der Waals surface area contributed by atoms with Crippen LogP contribution in [-0.2, 0) is 0 Å². The smallest absolute Gasteiger partial charge is 0.120 e. The van der Waals surface area contributed by atoms with Gasteiger partial charge in [0, 0.05) is 18.5 Å². The summed E-state index contributed by atoms with van der Waals surface area (Å²) in [5.41, 5.74) is 0. The van der Waals surface area contributed by atoms with Gasteiger partial charge in [-0.2, -0.15) is 0 Å². The molecule has 62 valence electrons. The molecule has 2 atom stereocenters. The molecule has 0 saturated carbocycles. The third kappa shape index (κ3) is 1.65. The van der Waals surface area contributed by atoms with Crippen molar-refractivity contribution in [1.82, 2.24) is 4.90 Å². The van der Waals surface area contributed by atoms with Crippen LogP contribution in [0.1, 0.15) is 20.3 Å². The van der Waals surface area contributed by atoms with Crippen LogP contribution >= 0.6 is 0 Å². The van der Waals surface area contributed by atoms with E-state index in [1.807, 2.05) is 0 Å². The van der Waals surface area contributed by atoms with E-state index in [1.54, 1.807) is 4.90 Å². The Morgan fingerprint density at radius 3 is 2.64 bits per heavy atom. The van der Waals surface area contributed by atoms with Crippen LogP contribution in [0.3, 0.4) is 0 Å². The van der Waals surface area contributed by atoms with Crippen LogP contribution in [-0.4, -0.2) is 23.7 Å². The van der Waals surface area contributed by atoms with Crippen molar-refractivity contribution >= 4 is 0 Å². The van der Waals surface area contributed by atoms with E-state index in [0.717, 1.165) is 0 Å². The molecule has 0 aromatic heterocycles. The lowest BCUT2D eigenvalue weighted by Crippen LogP contribution is -2.28. The zero-order valence-corrected chi connectivity index (χ0v) is 7.05. The summed E-state index contributed by atoms with van der Waals surface area (Å²) in [5, 5.41) is 0. The molecule has 0 bridgehead atoms. The Labute approximate surface area is 67.6 Å². The minimum atomic E-state index is -0.724. The van der Waals surface area contributed by atoms with Crippen LogP contribution in [0.15, 0.2) is 0 Å². The molecule has 1 heterocycles. The van der Waals surface area contributed by atoms with Gasteiger partial charge in [0.1, 0.15) is 6.17 Å². The van der Waals surface area contributed by atoms with Gasteiger partial charge in [0.15, 0.2) is 0 Å². The Morgan fingerprint density at radius 1 is 1.64 bits per heavy atom. The summed E-state index contributed by atoms with van der Waals surface area (Å²) in [7, 11) is 0. The first-order valence-corrected chi connectivity index (χ1v) is 4.02. The van der Waals surface area contributed by atoms with E-state index in [-0.39, 0.29) is 6.04 Å². The van der Waals surface area contributed by atoms with Gasteiger partial charge in [0.2, 0.25) is 0 Å². The summed E-state index contributed by atoms with van der Waals surface area (Å²) in [4.78, 5) is 1.77. The van der Waals surface area contributed by atoms with Crippen LogP contribution in [0, 0.1) is 18.4 Å². The monoisotopic (exact) mass is 155 g/mol. The molecule has 1 saturated heterocycles. The maximum atomic E-state index is 12.8. The van der Waals surface area contributed by atoms with Gasteiger partial charge in [-0.15, -0.1) is 0 Å². The van der Waals surface area contributed by atoms with Crippen LogP contribution in [0.5, 0.6) is 0 Å².